The molecule has 0 aliphatic carbocycles. The van der Waals surface area contributed by atoms with E-state index in [0.29, 0.717) is 36.2 Å². The lowest BCUT2D eigenvalue weighted by Crippen LogP contribution is -2.15. The molecule has 3 aromatic carbocycles. The molecule has 3 aliphatic heterocycles. The second-order valence-corrected chi connectivity index (χ2v) is 10.2. The Morgan fingerprint density at radius 3 is 1.74 bits per heavy atom. The first kappa shape index (κ1) is 25.6. The molecule has 0 bridgehead atoms. The second-order valence-electron chi connectivity index (χ2n) is 10.2. The van der Waals surface area contributed by atoms with Crippen molar-refractivity contribution in [1.82, 2.24) is 0 Å². The molecule has 0 radical (unpaired) electrons. The number of fused-ring (bicyclic) bond motifs is 2. The normalized spacial score (nSPS) is 27.1. The molecule has 206 valence electrons. The van der Waals surface area contributed by atoms with Gasteiger partial charge in [-0.15, -0.1) is 0 Å². The SMILES string of the molecule is COc1cc([C@H]2OC[C@@H]3[C@H]2CO[C@@H]3c2cc(OC)c3c(c2)[C@@H](CO)[C@@H](c2ccc(O)c(OC)c2)O3)ccc1O. The van der Waals surface area contributed by atoms with Crippen LogP contribution in [0.5, 0.6) is 34.5 Å². The first-order valence-electron chi connectivity index (χ1n) is 12.9. The van der Waals surface area contributed by atoms with Crippen molar-refractivity contribution in [3.8, 4) is 34.5 Å². The molecule has 3 heterocycles. The highest BCUT2D eigenvalue weighted by molar-refractivity contribution is 5.56. The molecule has 2 fully saturated rings. The number of aliphatic hydroxyl groups excluding tert-OH is 1. The molecule has 0 unspecified atom stereocenters. The van der Waals surface area contributed by atoms with Crippen molar-refractivity contribution in [1.29, 1.82) is 0 Å². The maximum absolute atomic E-state index is 10.4. The van der Waals surface area contributed by atoms with E-state index in [1.165, 1.54) is 14.2 Å². The minimum Gasteiger partial charge on any atom is -0.504 e. The van der Waals surface area contributed by atoms with Crippen molar-refractivity contribution in [2.45, 2.75) is 24.2 Å². The minimum absolute atomic E-state index is 0.0351. The van der Waals surface area contributed by atoms with Crippen LogP contribution in [0.2, 0.25) is 0 Å². The Kier molecular flexibility index (Phi) is 6.66. The maximum atomic E-state index is 10.4. The van der Waals surface area contributed by atoms with Crippen LogP contribution in [-0.4, -0.2) is 56.5 Å². The molecule has 39 heavy (non-hydrogen) atoms. The van der Waals surface area contributed by atoms with Crippen LogP contribution >= 0.6 is 0 Å². The predicted molar refractivity (Wildman–Crippen MR) is 140 cm³/mol. The molecule has 0 amide bonds. The number of methoxy groups -OCH3 is 3. The summed E-state index contributed by atoms with van der Waals surface area (Å²) in [6.07, 6.45) is -0.872. The highest BCUT2D eigenvalue weighted by Gasteiger charge is 2.49. The van der Waals surface area contributed by atoms with E-state index in [1.807, 2.05) is 24.3 Å². The largest absolute Gasteiger partial charge is 0.504 e. The molecule has 0 saturated carbocycles. The van der Waals surface area contributed by atoms with Gasteiger partial charge in [-0.25, -0.2) is 0 Å². The molecule has 3 aromatic rings. The number of hydrogen-bond acceptors (Lipinski definition) is 9. The second kappa shape index (κ2) is 10.1. The van der Waals surface area contributed by atoms with Gasteiger partial charge in [0, 0.05) is 17.4 Å². The maximum Gasteiger partial charge on any atom is 0.165 e. The van der Waals surface area contributed by atoms with Gasteiger partial charge in [-0.3, -0.25) is 0 Å². The third-order valence-electron chi connectivity index (χ3n) is 8.19. The van der Waals surface area contributed by atoms with E-state index in [2.05, 4.69) is 0 Å². The molecule has 3 N–H and O–H groups in total. The smallest absolute Gasteiger partial charge is 0.165 e. The van der Waals surface area contributed by atoms with Crippen LogP contribution < -0.4 is 18.9 Å². The van der Waals surface area contributed by atoms with Crippen LogP contribution in [0, 0.1) is 11.8 Å². The van der Waals surface area contributed by atoms with Crippen molar-refractivity contribution in [2.24, 2.45) is 11.8 Å². The van der Waals surface area contributed by atoms with E-state index in [9.17, 15) is 15.3 Å². The van der Waals surface area contributed by atoms with Gasteiger partial charge in [-0.1, -0.05) is 12.1 Å². The number of aliphatic hydroxyl groups is 1. The molecule has 2 saturated heterocycles. The van der Waals surface area contributed by atoms with E-state index in [4.69, 9.17) is 28.4 Å². The van der Waals surface area contributed by atoms with Gasteiger partial charge in [0.2, 0.25) is 0 Å². The average Bonchev–Trinajstić information content (AvgIpc) is 3.66. The number of rotatable bonds is 7. The van der Waals surface area contributed by atoms with Crippen LogP contribution in [0.1, 0.15) is 46.5 Å². The number of ether oxygens (including phenoxy) is 6. The van der Waals surface area contributed by atoms with E-state index in [1.54, 1.807) is 31.4 Å². The number of hydrogen-bond donors (Lipinski definition) is 3. The number of aromatic hydroxyl groups is 2. The lowest BCUT2D eigenvalue weighted by molar-refractivity contribution is 0.0191. The topological polar surface area (TPSA) is 116 Å². The zero-order valence-corrected chi connectivity index (χ0v) is 22.0. The van der Waals surface area contributed by atoms with Crippen molar-refractivity contribution in [3.63, 3.8) is 0 Å². The van der Waals surface area contributed by atoms with Crippen LogP contribution in [0.4, 0.5) is 0 Å². The summed E-state index contributed by atoms with van der Waals surface area (Å²) in [6.45, 7) is 0.913. The number of phenols is 2. The molecule has 9 heteroatoms. The van der Waals surface area contributed by atoms with Crippen LogP contribution in [0.25, 0.3) is 0 Å². The molecule has 0 spiro atoms. The van der Waals surface area contributed by atoms with Gasteiger partial charge in [0.25, 0.3) is 0 Å². The third kappa shape index (κ3) is 4.21. The van der Waals surface area contributed by atoms with Crippen LogP contribution in [0.15, 0.2) is 48.5 Å². The zero-order chi connectivity index (χ0) is 27.3. The van der Waals surface area contributed by atoms with E-state index in [-0.39, 0.29) is 48.1 Å². The quantitative estimate of drug-likeness (QED) is 0.404. The third-order valence-corrected chi connectivity index (χ3v) is 8.19. The monoisotopic (exact) mass is 536 g/mol. The van der Waals surface area contributed by atoms with Crippen LogP contribution in [0.3, 0.4) is 0 Å². The Hall–Kier alpha value is -3.66. The van der Waals surface area contributed by atoms with Gasteiger partial charge in [-0.05, 0) is 53.1 Å². The van der Waals surface area contributed by atoms with E-state index in [0.717, 1.165) is 22.3 Å². The highest BCUT2D eigenvalue weighted by atomic mass is 16.5. The van der Waals surface area contributed by atoms with Crippen molar-refractivity contribution >= 4 is 0 Å². The minimum atomic E-state index is -0.482. The Labute approximate surface area is 226 Å². The van der Waals surface area contributed by atoms with E-state index >= 15 is 0 Å². The Morgan fingerprint density at radius 1 is 0.692 bits per heavy atom. The lowest BCUT2D eigenvalue weighted by Gasteiger charge is -2.19. The summed E-state index contributed by atoms with van der Waals surface area (Å²) >= 11 is 0. The Bertz CT molecular complexity index is 1370. The van der Waals surface area contributed by atoms with Gasteiger partial charge >= 0.3 is 0 Å². The molecule has 6 atom stereocenters. The zero-order valence-electron chi connectivity index (χ0n) is 22.0. The summed E-state index contributed by atoms with van der Waals surface area (Å²) in [4.78, 5) is 0. The fourth-order valence-electron chi connectivity index (χ4n) is 6.21. The summed E-state index contributed by atoms with van der Waals surface area (Å²) < 4.78 is 35.3. The summed E-state index contributed by atoms with van der Waals surface area (Å²) in [5.41, 5.74) is 3.50. The summed E-state index contributed by atoms with van der Waals surface area (Å²) in [5, 5.41) is 30.5. The Morgan fingerprint density at radius 2 is 1.21 bits per heavy atom. The van der Waals surface area contributed by atoms with Crippen molar-refractivity contribution in [3.05, 3.63) is 70.8 Å². The number of phenolic OH excluding ortho intramolecular Hbond substituents is 2. The van der Waals surface area contributed by atoms with Gasteiger partial charge in [0.1, 0.15) is 6.10 Å². The first-order valence-corrected chi connectivity index (χ1v) is 12.9. The standard InChI is InChI=1S/C30H32O9/c1-34-24-9-15(4-6-22(24)32)27-20-13-38-28(21(20)14-37-27)17-8-18-19(12-31)29(39-30(18)26(11-17)36-3)16-5-7-23(33)25(10-16)35-2/h4-11,19-21,27-29,31-33H,12-14H2,1-3H3/t19-,20-,21-,27-,28-,29-/m1/s1. The predicted octanol–water partition coefficient (Wildman–Crippen LogP) is 4.41. The fraction of sp³-hybridized carbons (Fsp3) is 0.400. The van der Waals surface area contributed by atoms with Gasteiger partial charge in [0.05, 0.1) is 59.3 Å². The summed E-state index contributed by atoms with van der Waals surface area (Å²) in [6, 6.07) is 14.3. The lowest BCUT2D eigenvalue weighted by atomic mass is 9.83. The van der Waals surface area contributed by atoms with Gasteiger partial charge in [0.15, 0.2) is 34.5 Å². The molecular formula is C30H32O9. The fourth-order valence-corrected chi connectivity index (χ4v) is 6.21. The molecule has 9 nitrogen and oxygen atoms in total. The van der Waals surface area contributed by atoms with Crippen molar-refractivity contribution in [2.75, 3.05) is 41.2 Å². The van der Waals surface area contributed by atoms with Gasteiger partial charge < -0.3 is 43.7 Å². The highest BCUT2D eigenvalue weighted by Crippen LogP contribution is 2.55. The van der Waals surface area contributed by atoms with Crippen LogP contribution in [-0.2, 0) is 9.47 Å². The average molecular weight is 537 g/mol. The summed E-state index contributed by atoms with van der Waals surface area (Å²) in [7, 11) is 4.62. The first-order chi connectivity index (χ1) is 19.0. The number of benzene rings is 3. The molecule has 3 aliphatic rings. The molecule has 6 rings (SSSR count). The Balaban J connectivity index is 1.30. The molecule has 0 aromatic heterocycles. The summed E-state index contributed by atoms with van der Waals surface area (Å²) in [5.74, 6) is 1.92. The van der Waals surface area contributed by atoms with Gasteiger partial charge in [-0.2, -0.15) is 0 Å². The molecular weight excluding hydrogens is 504 g/mol. The van der Waals surface area contributed by atoms with Crippen molar-refractivity contribution < 1.29 is 43.7 Å². The van der Waals surface area contributed by atoms with E-state index < -0.39 is 6.10 Å².